The summed E-state index contributed by atoms with van der Waals surface area (Å²) in [7, 11) is 0. The van der Waals surface area contributed by atoms with E-state index in [1.54, 1.807) is 0 Å². The summed E-state index contributed by atoms with van der Waals surface area (Å²) in [6, 6.07) is 17.4. The summed E-state index contributed by atoms with van der Waals surface area (Å²) in [6.45, 7) is 4.94. The standard InChI is InChI=1S/C22H23NO2/c1-22(21(24)23-10-12-25-13-11-23)14-19-15-6-2-4-8-17(15)20(22)18-9-5-3-7-16(18)19/h2-9,19-20H,10-14H2,1H3. The van der Waals surface area contributed by atoms with Crippen molar-refractivity contribution in [2.75, 3.05) is 26.3 Å². The van der Waals surface area contributed by atoms with E-state index in [1.807, 2.05) is 4.90 Å². The number of benzene rings is 2. The van der Waals surface area contributed by atoms with Crippen LogP contribution in [0.2, 0.25) is 0 Å². The summed E-state index contributed by atoms with van der Waals surface area (Å²) in [5.41, 5.74) is 5.16. The van der Waals surface area contributed by atoms with Gasteiger partial charge in [-0.25, -0.2) is 0 Å². The molecule has 1 heterocycles. The zero-order valence-electron chi connectivity index (χ0n) is 14.6. The Morgan fingerprint density at radius 2 is 1.48 bits per heavy atom. The van der Waals surface area contributed by atoms with Gasteiger partial charge in [-0.15, -0.1) is 0 Å². The number of ether oxygens (including phenoxy) is 1. The van der Waals surface area contributed by atoms with Crippen molar-refractivity contribution >= 4 is 5.91 Å². The van der Waals surface area contributed by atoms with Crippen molar-refractivity contribution in [2.45, 2.75) is 25.2 Å². The number of carbonyl (C=O) groups excluding carboxylic acids is 1. The zero-order chi connectivity index (χ0) is 17.0. The second-order valence-corrected chi connectivity index (χ2v) is 7.77. The van der Waals surface area contributed by atoms with E-state index in [4.69, 9.17) is 4.74 Å². The molecule has 1 atom stereocenters. The van der Waals surface area contributed by atoms with E-state index in [-0.39, 0.29) is 11.3 Å². The first kappa shape index (κ1) is 15.2. The minimum Gasteiger partial charge on any atom is -0.378 e. The Balaban J connectivity index is 1.65. The molecular weight excluding hydrogens is 310 g/mol. The first-order valence-corrected chi connectivity index (χ1v) is 9.25. The number of rotatable bonds is 1. The minimum atomic E-state index is -0.370. The van der Waals surface area contributed by atoms with Crippen molar-refractivity contribution in [2.24, 2.45) is 5.41 Å². The molecule has 0 radical (unpaired) electrons. The summed E-state index contributed by atoms with van der Waals surface area (Å²) in [5.74, 6) is 0.780. The highest BCUT2D eigenvalue weighted by molar-refractivity contribution is 5.86. The van der Waals surface area contributed by atoms with Crippen molar-refractivity contribution in [1.29, 1.82) is 0 Å². The Bertz CT molecular complexity index is 792. The number of fused-ring (bicyclic) bond motifs is 1. The molecule has 0 saturated carbocycles. The van der Waals surface area contributed by atoms with Gasteiger partial charge in [-0.2, -0.15) is 0 Å². The first-order valence-electron chi connectivity index (χ1n) is 9.25. The van der Waals surface area contributed by atoms with E-state index in [1.165, 1.54) is 22.3 Å². The van der Waals surface area contributed by atoms with Gasteiger partial charge in [0.05, 0.1) is 18.6 Å². The lowest BCUT2D eigenvalue weighted by Gasteiger charge is -2.52. The molecule has 1 saturated heterocycles. The second kappa shape index (κ2) is 5.43. The van der Waals surface area contributed by atoms with Gasteiger partial charge in [-0.05, 0) is 35.6 Å². The Morgan fingerprint density at radius 3 is 2.04 bits per heavy atom. The highest BCUT2D eigenvalue weighted by Crippen LogP contribution is 2.61. The van der Waals surface area contributed by atoms with E-state index in [9.17, 15) is 4.79 Å². The number of hydrogen-bond donors (Lipinski definition) is 0. The quantitative estimate of drug-likeness (QED) is 0.799. The Kier molecular flexibility index (Phi) is 3.29. The number of hydrogen-bond acceptors (Lipinski definition) is 2. The highest BCUT2D eigenvalue weighted by atomic mass is 16.5. The third kappa shape index (κ3) is 2.05. The fourth-order valence-corrected chi connectivity index (χ4v) is 5.30. The second-order valence-electron chi connectivity index (χ2n) is 7.77. The number of amides is 1. The molecule has 0 N–H and O–H groups in total. The molecule has 1 aliphatic heterocycles. The molecule has 3 heteroatoms. The summed E-state index contributed by atoms with van der Waals surface area (Å²) >= 11 is 0. The van der Waals surface area contributed by atoms with Gasteiger partial charge >= 0.3 is 0 Å². The molecule has 2 bridgehead atoms. The van der Waals surface area contributed by atoms with Crippen LogP contribution in [0.15, 0.2) is 48.5 Å². The summed E-state index contributed by atoms with van der Waals surface area (Å²) in [5, 5.41) is 0. The van der Waals surface area contributed by atoms with E-state index >= 15 is 0 Å². The number of carbonyl (C=O) groups is 1. The molecule has 2 aromatic rings. The van der Waals surface area contributed by atoms with Gasteiger partial charge in [0, 0.05) is 24.9 Å². The third-order valence-corrected chi connectivity index (χ3v) is 6.42. The Hall–Kier alpha value is -2.13. The van der Waals surface area contributed by atoms with Crippen LogP contribution in [0.3, 0.4) is 0 Å². The van der Waals surface area contributed by atoms with Gasteiger partial charge in [0.2, 0.25) is 5.91 Å². The molecule has 1 fully saturated rings. The van der Waals surface area contributed by atoms with Gasteiger partial charge in [0.25, 0.3) is 0 Å². The van der Waals surface area contributed by atoms with Crippen LogP contribution < -0.4 is 0 Å². The van der Waals surface area contributed by atoms with Gasteiger partial charge < -0.3 is 9.64 Å². The van der Waals surface area contributed by atoms with Crippen LogP contribution in [0.25, 0.3) is 0 Å². The van der Waals surface area contributed by atoms with Gasteiger partial charge in [-0.3, -0.25) is 4.79 Å². The first-order chi connectivity index (χ1) is 12.2. The lowest BCUT2D eigenvalue weighted by molar-refractivity contribution is -0.147. The third-order valence-electron chi connectivity index (χ3n) is 6.42. The molecule has 0 spiro atoms. The van der Waals surface area contributed by atoms with Crippen LogP contribution in [0.1, 0.15) is 47.4 Å². The maximum Gasteiger partial charge on any atom is 0.229 e. The number of nitrogens with zero attached hydrogens (tertiary/aromatic N) is 1. The minimum absolute atomic E-state index is 0.153. The predicted octanol–water partition coefficient (Wildman–Crippen LogP) is 3.53. The van der Waals surface area contributed by atoms with Gasteiger partial charge in [-0.1, -0.05) is 48.5 Å². The van der Waals surface area contributed by atoms with E-state index < -0.39 is 0 Å². The number of morpholine rings is 1. The van der Waals surface area contributed by atoms with Crippen molar-refractivity contribution in [3.05, 3.63) is 70.8 Å². The molecule has 6 rings (SSSR count). The topological polar surface area (TPSA) is 29.5 Å². The van der Waals surface area contributed by atoms with E-state index in [0.717, 1.165) is 19.5 Å². The molecule has 2 aromatic carbocycles. The van der Waals surface area contributed by atoms with Crippen molar-refractivity contribution in [1.82, 2.24) is 4.90 Å². The predicted molar refractivity (Wildman–Crippen MR) is 96.7 cm³/mol. The SMILES string of the molecule is CC1(C(=O)N2CCOCC2)CC2c3ccccc3C1c1ccccc12. The molecule has 25 heavy (non-hydrogen) atoms. The average Bonchev–Trinajstić information content (AvgIpc) is 2.68. The molecule has 1 unspecified atom stereocenters. The summed E-state index contributed by atoms with van der Waals surface area (Å²) in [4.78, 5) is 15.6. The fraction of sp³-hybridized carbons (Fsp3) is 0.409. The van der Waals surface area contributed by atoms with Crippen molar-refractivity contribution < 1.29 is 9.53 Å². The maximum atomic E-state index is 13.6. The van der Waals surface area contributed by atoms with Gasteiger partial charge in [0.15, 0.2) is 0 Å². The molecule has 4 aliphatic rings. The Labute approximate surface area is 148 Å². The fourth-order valence-electron chi connectivity index (χ4n) is 5.30. The molecular formula is C22H23NO2. The molecule has 3 nitrogen and oxygen atoms in total. The Morgan fingerprint density at radius 1 is 0.960 bits per heavy atom. The lowest BCUT2D eigenvalue weighted by Crippen LogP contribution is -2.53. The summed E-state index contributed by atoms with van der Waals surface area (Å²) in [6.07, 6.45) is 0.905. The largest absolute Gasteiger partial charge is 0.378 e. The highest BCUT2D eigenvalue weighted by Gasteiger charge is 2.54. The monoisotopic (exact) mass is 333 g/mol. The van der Waals surface area contributed by atoms with Crippen LogP contribution in [0, 0.1) is 5.41 Å². The zero-order valence-corrected chi connectivity index (χ0v) is 14.6. The average molecular weight is 333 g/mol. The maximum absolute atomic E-state index is 13.6. The molecule has 3 aliphatic carbocycles. The lowest BCUT2D eigenvalue weighted by atomic mass is 9.52. The summed E-state index contributed by atoms with van der Waals surface area (Å²) < 4.78 is 5.45. The van der Waals surface area contributed by atoms with Crippen LogP contribution in [-0.4, -0.2) is 37.1 Å². The normalized spacial score (nSPS) is 29.9. The van der Waals surface area contributed by atoms with Crippen LogP contribution in [0.5, 0.6) is 0 Å². The van der Waals surface area contributed by atoms with Crippen LogP contribution in [0.4, 0.5) is 0 Å². The van der Waals surface area contributed by atoms with Crippen molar-refractivity contribution in [3.8, 4) is 0 Å². The molecule has 1 amide bonds. The van der Waals surface area contributed by atoms with E-state index in [2.05, 4.69) is 55.5 Å². The van der Waals surface area contributed by atoms with Crippen LogP contribution >= 0.6 is 0 Å². The van der Waals surface area contributed by atoms with Gasteiger partial charge in [0.1, 0.15) is 0 Å². The van der Waals surface area contributed by atoms with E-state index in [0.29, 0.717) is 25.0 Å². The smallest absolute Gasteiger partial charge is 0.229 e. The molecule has 128 valence electrons. The van der Waals surface area contributed by atoms with Crippen molar-refractivity contribution in [3.63, 3.8) is 0 Å². The van der Waals surface area contributed by atoms with Crippen LogP contribution in [-0.2, 0) is 9.53 Å². The molecule has 0 aromatic heterocycles.